The number of carbonyl (C=O) groups is 2. The number of hydrogen-bond donors (Lipinski definition) is 2. The first-order chi connectivity index (χ1) is 23.1. The van der Waals surface area contributed by atoms with E-state index in [-0.39, 0.29) is 41.9 Å². The zero-order chi connectivity index (χ0) is 35.5. The summed E-state index contributed by atoms with van der Waals surface area (Å²) in [6.07, 6.45) is 0.484. The van der Waals surface area contributed by atoms with Gasteiger partial charge in [0.05, 0.1) is 35.6 Å². The van der Waals surface area contributed by atoms with Crippen LogP contribution in [0.1, 0.15) is 89.7 Å². The fourth-order valence-corrected chi connectivity index (χ4v) is 6.62. The van der Waals surface area contributed by atoms with Crippen LogP contribution in [0, 0.1) is 5.82 Å². The highest BCUT2D eigenvalue weighted by atomic mass is 19.1. The predicted octanol–water partition coefficient (Wildman–Crippen LogP) is 9.07. The number of phenolic OH excluding ortho intramolecular Hbond substituents is 1. The normalized spacial score (nSPS) is 17.6. The largest absolute Gasteiger partial charge is 0.506 e. The Morgan fingerprint density at radius 3 is 2.22 bits per heavy atom. The molecule has 1 aromatic heterocycles. The first kappa shape index (κ1) is 35.8. The molecule has 5 rings (SSSR count). The molecule has 0 radical (unpaired) electrons. The van der Waals surface area contributed by atoms with Gasteiger partial charge in [-0.3, -0.25) is 9.59 Å². The lowest BCUT2D eigenvalue weighted by Gasteiger charge is -2.41. The van der Waals surface area contributed by atoms with E-state index in [9.17, 15) is 19.1 Å². The second-order valence-electron chi connectivity index (χ2n) is 14.3. The molecular weight excluding hydrogens is 623 g/mol. The molecule has 4 aromatic rings. The Kier molecular flexibility index (Phi) is 10.6. The molecule has 1 fully saturated rings. The number of rotatable bonds is 10. The van der Waals surface area contributed by atoms with E-state index in [2.05, 4.69) is 9.88 Å². The van der Waals surface area contributed by atoms with Crippen LogP contribution < -0.4 is 5.32 Å². The molecule has 0 unspecified atom stereocenters. The quantitative estimate of drug-likeness (QED) is 0.129. The van der Waals surface area contributed by atoms with Gasteiger partial charge in [-0.2, -0.15) is 0 Å². The molecule has 2 heterocycles. The van der Waals surface area contributed by atoms with Gasteiger partial charge in [-0.05, 0) is 94.5 Å². The number of phenols is 1. The van der Waals surface area contributed by atoms with Crippen LogP contribution in [0.15, 0.2) is 78.9 Å². The maximum absolute atomic E-state index is 14.4. The van der Waals surface area contributed by atoms with Crippen molar-refractivity contribution in [2.24, 2.45) is 0 Å². The third kappa shape index (κ3) is 8.77. The van der Waals surface area contributed by atoms with E-state index in [1.54, 1.807) is 30.3 Å². The Labute approximate surface area is 288 Å². The molecule has 1 aliphatic rings. The molecule has 260 valence electrons. The summed E-state index contributed by atoms with van der Waals surface area (Å²) in [5.74, 6) is -2.13. The maximum atomic E-state index is 14.4. The number of halogens is 1. The van der Waals surface area contributed by atoms with Gasteiger partial charge in [-0.25, -0.2) is 4.39 Å². The van der Waals surface area contributed by atoms with E-state index in [0.717, 1.165) is 22.5 Å². The number of hydrogen-bond acceptors (Lipinski definition) is 6. The highest BCUT2D eigenvalue weighted by Gasteiger charge is 2.38. The zero-order valence-electron chi connectivity index (χ0n) is 29.4. The summed E-state index contributed by atoms with van der Waals surface area (Å²) in [5.41, 5.74) is 4.02. The van der Waals surface area contributed by atoms with E-state index >= 15 is 0 Å². The SMILES string of the molecule is CC(C)c1c(C(=O)Nc2ccccc2O)c(-c2ccccc2)c(-c2ccc(F)cc2)n1CC[C@H]1C[C@H](CC(=O)OC(C)(C)C)OC(C)(C)O1. The van der Waals surface area contributed by atoms with Crippen molar-refractivity contribution in [3.8, 4) is 28.1 Å². The molecule has 3 aromatic carbocycles. The van der Waals surface area contributed by atoms with Gasteiger partial charge in [-0.15, -0.1) is 0 Å². The number of para-hydroxylation sites is 2. The van der Waals surface area contributed by atoms with Crippen molar-refractivity contribution in [3.05, 3.63) is 95.9 Å². The van der Waals surface area contributed by atoms with Crippen molar-refractivity contribution in [3.63, 3.8) is 0 Å². The zero-order valence-corrected chi connectivity index (χ0v) is 29.4. The maximum Gasteiger partial charge on any atom is 0.308 e. The van der Waals surface area contributed by atoms with Crippen molar-refractivity contribution in [1.82, 2.24) is 4.57 Å². The number of aromatic nitrogens is 1. The van der Waals surface area contributed by atoms with Crippen LogP contribution in [-0.4, -0.2) is 45.1 Å². The predicted molar refractivity (Wildman–Crippen MR) is 189 cm³/mol. The Morgan fingerprint density at radius 1 is 0.959 bits per heavy atom. The Hall–Kier alpha value is -4.47. The van der Waals surface area contributed by atoms with Crippen LogP contribution in [0.2, 0.25) is 0 Å². The van der Waals surface area contributed by atoms with Crippen molar-refractivity contribution in [2.75, 3.05) is 5.32 Å². The third-order valence-electron chi connectivity index (χ3n) is 8.33. The van der Waals surface area contributed by atoms with Crippen molar-refractivity contribution >= 4 is 17.6 Å². The number of aromatic hydroxyl groups is 1. The van der Waals surface area contributed by atoms with Crippen LogP contribution in [-0.2, 0) is 25.5 Å². The number of nitrogens with one attached hydrogen (secondary N) is 1. The summed E-state index contributed by atoms with van der Waals surface area (Å²) in [5, 5.41) is 13.5. The molecule has 0 spiro atoms. The third-order valence-corrected chi connectivity index (χ3v) is 8.33. The van der Waals surface area contributed by atoms with Gasteiger partial charge < -0.3 is 29.2 Å². The Balaban J connectivity index is 1.60. The van der Waals surface area contributed by atoms with Crippen molar-refractivity contribution in [2.45, 2.75) is 104 Å². The standard InChI is InChI=1S/C40H47FN2O6/c1-25(2)36-35(38(46)42-31-15-11-12-16-32(31)44)34(26-13-9-8-10-14-26)37(27-17-19-28(41)20-18-27)43(36)22-21-29-23-30(48-40(6,7)47-29)24-33(45)49-39(3,4)5/h8-20,25,29-30,44H,21-24H2,1-7H3,(H,42,46)/t29-,30+/m0/s1. The van der Waals surface area contributed by atoms with Gasteiger partial charge in [0.15, 0.2) is 5.79 Å². The van der Waals surface area contributed by atoms with Crippen molar-refractivity contribution < 1.29 is 33.3 Å². The lowest BCUT2D eigenvalue weighted by Crippen LogP contribution is -2.46. The lowest BCUT2D eigenvalue weighted by atomic mass is 9.94. The number of benzene rings is 3. The average Bonchev–Trinajstić information content (AvgIpc) is 3.36. The summed E-state index contributed by atoms with van der Waals surface area (Å²) in [6.45, 7) is 13.7. The van der Waals surface area contributed by atoms with E-state index in [0.29, 0.717) is 36.2 Å². The van der Waals surface area contributed by atoms with Crippen LogP contribution in [0.25, 0.3) is 22.4 Å². The van der Waals surface area contributed by atoms with Crippen LogP contribution >= 0.6 is 0 Å². The molecule has 0 aliphatic carbocycles. The highest BCUT2D eigenvalue weighted by molar-refractivity contribution is 6.13. The number of esters is 1. The average molecular weight is 671 g/mol. The molecule has 1 saturated heterocycles. The number of carbonyl (C=O) groups excluding carboxylic acids is 2. The minimum atomic E-state index is -0.926. The van der Waals surface area contributed by atoms with E-state index in [1.165, 1.54) is 18.2 Å². The van der Waals surface area contributed by atoms with Gasteiger partial charge in [0.25, 0.3) is 5.91 Å². The highest BCUT2D eigenvalue weighted by Crippen LogP contribution is 2.43. The first-order valence-corrected chi connectivity index (χ1v) is 16.9. The molecule has 2 atom stereocenters. The minimum absolute atomic E-state index is 0.0402. The molecule has 2 N–H and O–H groups in total. The summed E-state index contributed by atoms with van der Waals surface area (Å²) in [6, 6.07) is 22.6. The Morgan fingerprint density at radius 2 is 1.59 bits per heavy atom. The molecule has 0 saturated carbocycles. The lowest BCUT2D eigenvalue weighted by molar-refractivity contribution is -0.301. The monoisotopic (exact) mass is 670 g/mol. The van der Waals surface area contributed by atoms with Gasteiger partial charge >= 0.3 is 5.97 Å². The summed E-state index contributed by atoms with van der Waals surface area (Å²) in [4.78, 5) is 27.1. The van der Waals surface area contributed by atoms with E-state index in [1.807, 2.05) is 78.8 Å². The first-order valence-electron chi connectivity index (χ1n) is 16.9. The van der Waals surface area contributed by atoms with Crippen LogP contribution in [0.3, 0.4) is 0 Å². The van der Waals surface area contributed by atoms with Crippen LogP contribution in [0.4, 0.5) is 10.1 Å². The second kappa shape index (κ2) is 14.6. The summed E-state index contributed by atoms with van der Waals surface area (Å²) < 4.78 is 34.5. The molecular formula is C40H47FN2O6. The molecule has 1 aliphatic heterocycles. The smallest absolute Gasteiger partial charge is 0.308 e. The van der Waals surface area contributed by atoms with Crippen molar-refractivity contribution in [1.29, 1.82) is 0 Å². The van der Waals surface area contributed by atoms with Gasteiger partial charge in [0, 0.05) is 24.2 Å². The van der Waals surface area contributed by atoms with E-state index in [4.69, 9.17) is 14.2 Å². The molecule has 8 nitrogen and oxygen atoms in total. The molecule has 0 bridgehead atoms. The minimum Gasteiger partial charge on any atom is -0.506 e. The van der Waals surface area contributed by atoms with Crippen LogP contribution in [0.5, 0.6) is 5.75 Å². The van der Waals surface area contributed by atoms with Gasteiger partial charge in [0.2, 0.25) is 0 Å². The van der Waals surface area contributed by atoms with Gasteiger partial charge in [0.1, 0.15) is 17.2 Å². The Bertz CT molecular complexity index is 1770. The topological polar surface area (TPSA) is 99.0 Å². The number of anilines is 1. The van der Waals surface area contributed by atoms with E-state index < -0.39 is 17.5 Å². The van der Waals surface area contributed by atoms with Gasteiger partial charge in [-0.1, -0.05) is 56.3 Å². The summed E-state index contributed by atoms with van der Waals surface area (Å²) in [7, 11) is 0. The summed E-state index contributed by atoms with van der Waals surface area (Å²) >= 11 is 0. The fraction of sp³-hybridized carbons (Fsp3) is 0.400. The number of nitrogens with zero attached hydrogens (tertiary/aromatic N) is 1. The molecule has 49 heavy (non-hydrogen) atoms. The fourth-order valence-electron chi connectivity index (χ4n) is 6.62. The second-order valence-corrected chi connectivity index (χ2v) is 14.3. The number of amides is 1. The number of ether oxygens (including phenoxy) is 3. The molecule has 1 amide bonds. The molecule has 9 heteroatoms.